The van der Waals surface area contributed by atoms with E-state index in [0.29, 0.717) is 6.42 Å². The van der Waals surface area contributed by atoms with Crippen LogP contribution in [-0.4, -0.2) is 35.0 Å². The molecule has 80 valence electrons. The summed E-state index contributed by atoms with van der Waals surface area (Å²) in [6, 6.07) is 0.118. The van der Waals surface area contributed by atoms with Gasteiger partial charge in [0.1, 0.15) is 0 Å². The molecule has 5 heteroatoms. The molecule has 0 aromatic carbocycles. The third-order valence-electron chi connectivity index (χ3n) is 2.25. The highest BCUT2D eigenvalue weighted by atomic mass is 32.2. The normalized spacial score (nSPS) is 26.7. The molecule has 0 radical (unpaired) electrons. The molecule has 14 heavy (non-hydrogen) atoms. The topological polar surface area (TPSA) is 66.4 Å². The first-order valence-electron chi connectivity index (χ1n) is 4.58. The molecule has 0 bridgehead atoms. The number of hydrogen-bond donors (Lipinski definition) is 2. The van der Waals surface area contributed by atoms with E-state index in [9.17, 15) is 9.59 Å². The quantitative estimate of drug-likeness (QED) is 0.706. The van der Waals surface area contributed by atoms with Crippen LogP contribution in [0.2, 0.25) is 0 Å². The Bertz CT molecular complexity index is 244. The molecule has 2 N–H and O–H groups in total. The molecule has 1 aliphatic rings. The second-order valence-corrected chi connectivity index (χ2v) is 4.56. The molecule has 1 rings (SSSR count). The molecule has 4 nitrogen and oxygen atoms in total. The van der Waals surface area contributed by atoms with Crippen LogP contribution in [0.25, 0.3) is 0 Å². The lowest BCUT2D eigenvalue weighted by atomic mass is 10.3. The lowest BCUT2D eigenvalue weighted by Gasteiger charge is -2.11. The first-order valence-corrected chi connectivity index (χ1v) is 5.97. The SMILES string of the molecule is CSCC(C)NC(=O)C1CC1C(=O)O. The molecule has 1 aliphatic carbocycles. The van der Waals surface area contributed by atoms with Gasteiger partial charge in [-0.3, -0.25) is 9.59 Å². The molecule has 0 aromatic rings. The van der Waals surface area contributed by atoms with Crippen molar-refractivity contribution in [1.82, 2.24) is 5.32 Å². The number of carboxylic acid groups (broad SMARTS) is 1. The molecule has 1 amide bonds. The van der Waals surface area contributed by atoms with E-state index in [1.807, 2.05) is 13.2 Å². The Kier molecular flexibility index (Phi) is 3.80. The minimum absolute atomic E-state index is 0.112. The summed E-state index contributed by atoms with van der Waals surface area (Å²) in [5.41, 5.74) is 0. The van der Waals surface area contributed by atoms with Gasteiger partial charge in [-0.2, -0.15) is 11.8 Å². The summed E-state index contributed by atoms with van der Waals surface area (Å²) in [6.45, 7) is 1.92. The van der Waals surface area contributed by atoms with E-state index < -0.39 is 11.9 Å². The fourth-order valence-corrected chi connectivity index (χ4v) is 1.98. The first-order chi connectivity index (χ1) is 6.56. The van der Waals surface area contributed by atoms with Crippen LogP contribution < -0.4 is 5.32 Å². The van der Waals surface area contributed by atoms with Gasteiger partial charge in [0.25, 0.3) is 0 Å². The van der Waals surface area contributed by atoms with Gasteiger partial charge in [0.2, 0.25) is 5.91 Å². The monoisotopic (exact) mass is 217 g/mol. The fourth-order valence-electron chi connectivity index (χ4n) is 1.40. The number of carboxylic acids is 1. The van der Waals surface area contributed by atoms with Crippen LogP contribution in [0.15, 0.2) is 0 Å². The third kappa shape index (κ3) is 2.90. The molecule has 0 aliphatic heterocycles. The maximum Gasteiger partial charge on any atom is 0.307 e. The highest BCUT2D eigenvalue weighted by molar-refractivity contribution is 7.98. The Labute approximate surface area is 87.4 Å². The van der Waals surface area contributed by atoms with Crippen LogP contribution >= 0.6 is 11.8 Å². The minimum Gasteiger partial charge on any atom is -0.481 e. The van der Waals surface area contributed by atoms with Crippen molar-refractivity contribution >= 4 is 23.6 Å². The highest BCUT2D eigenvalue weighted by Gasteiger charge is 2.48. The molecule has 0 aromatic heterocycles. The van der Waals surface area contributed by atoms with E-state index in [1.54, 1.807) is 11.8 Å². The zero-order valence-electron chi connectivity index (χ0n) is 8.32. The highest BCUT2D eigenvalue weighted by Crippen LogP contribution is 2.38. The van der Waals surface area contributed by atoms with Crippen LogP contribution in [0.5, 0.6) is 0 Å². The number of hydrogen-bond acceptors (Lipinski definition) is 3. The van der Waals surface area contributed by atoms with Gasteiger partial charge in [0, 0.05) is 11.8 Å². The zero-order valence-corrected chi connectivity index (χ0v) is 9.13. The largest absolute Gasteiger partial charge is 0.481 e. The predicted octanol–water partition coefficient (Wildman–Crippen LogP) is 0.575. The fraction of sp³-hybridized carbons (Fsp3) is 0.778. The Morgan fingerprint density at radius 1 is 1.57 bits per heavy atom. The average Bonchev–Trinajstić information content (AvgIpc) is 2.82. The van der Waals surface area contributed by atoms with Crippen molar-refractivity contribution < 1.29 is 14.7 Å². The van der Waals surface area contributed by atoms with Crippen LogP contribution in [0.1, 0.15) is 13.3 Å². The number of thioether (sulfide) groups is 1. The summed E-state index contributed by atoms with van der Waals surface area (Å²) in [4.78, 5) is 21.9. The van der Waals surface area contributed by atoms with E-state index in [2.05, 4.69) is 5.32 Å². The second kappa shape index (κ2) is 4.68. The number of carbonyl (C=O) groups excluding carboxylic acids is 1. The summed E-state index contributed by atoms with van der Waals surface area (Å²) >= 11 is 1.66. The lowest BCUT2D eigenvalue weighted by Crippen LogP contribution is -2.35. The lowest BCUT2D eigenvalue weighted by molar-refractivity contribution is -0.140. The maximum atomic E-state index is 11.4. The van der Waals surface area contributed by atoms with Crippen LogP contribution in [0.3, 0.4) is 0 Å². The smallest absolute Gasteiger partial charge is 0.307 e. The van der Waals surface area contributed by atoms with Crippen molar-refractivity contribution in [1.29, 1.82) is 0 Å². The van der Waals surface area contributed by atoms with E-state index in [1.165, 1.54) is 0 Å². The maximum absolute atomic E-state index is 11.4. The van der Waals surface area contributed by atoms with Gasteiger partial charge >= 0.3 is 5.97 Å². The first kappa shape index (κ1) is 11.4. The minimum atomic E-state index is -0.859. The zero-order chi connectivity index (χ0) is 10.7. The Hall–Kier alpha value is -0.710. The Morgan fingerprint density at radius 3 is 2.64 bits per heavy atom. The van der Waals surface area contributed by atoms with Crippen molar-refractivity contribution in [3.8, 4) is 0 Å². The van der Waals surface area contributed by atoms with Crippen LogP contribution in [0.4, 0.5) is 0 Å². The summed E-state index contributed by atoms with van der Waals surface area (Å²) in [5, 5.41) is 11.4. The van der Waals surface area contributed by atoms with E-state index >= 15 is 0 Å². The van der Waals surface area contributed by atoms with Crippen molar-refractivity contribution in [2.24, 2.45) is 11.8 Å². The van der Waals surface area contributed by atoms with Gasteiger partial charge in [-0.05, 0) is 19.6 Å². The van der Waals surface area contributed by atoms with Crippen molar-refractivity contribution in [3.63, 3.8) is 0 Å². The molecule has 1 fully saturated rings. The van der Waals surface area contributed by atoms with Gasteiger partial charge in [-0.25, -0.2) is 0 Å². The van der Waals surface area contributed by atoms with Gasteiger partial charge in [-0.15, -0.1) is 0 Å². The van der Waals surface area contributed by atoms with Gasteiger partial charge < -0.3 is 10.4 Å². The number of carbonyl (C=O) groups is 2. The van der Waals surface area contributed by atoms with Gasteiger partial charge in [0.15, 0.2) is 0 Å². The Balaban J connectivity index is 2.27. The number of amides is 1. The van der Waals surface area contributed by atoms with Gasteiger partial charge in [0.05, 0.1) is 11.8 Å². The van der Waals surface area contributed by atoms with Gasteiger partial charge in [-0.1, -0.05) is 0 Å². The molecule has 1 saturated carbocycles. The third-order valence-corrected chi connectivity index (χ3v) is 3.08. The summed E-state index contributed by atoms with van der Waals surface area (Å²) in [5.74, 6) is -0.856. The standard InChI is InChI=1S/C9H15NO3S/c1-5(4-14-2)10-8(11)6-3-7(6)9(12)13/h5-7H,3-4H2,1-2H3,(H,10,11)(H,12,13). The molecular weight excluding hydrogens is 202 g/mol. The molecular formula is C9H15NO3S. The van der Waals surface area contributed by atoms with E-state index in [0.717, 1.165) is 5.75 Å². The number of nitrogens with one attached hydrogen (secondary N) is 1. The molecule has 3 atom stereocenters. The molecule has 3 unspecified atom stereocenters. The van der Waals surface area contributed by atoms with Crippen LogP contribution in [-0.2, 0) is 9.59 Å². The van der Waals surface area contributed by atoms with Crippen molar-refractivity contribution in [2.45, 2.75) is 19.4 Å². The van der Waals surface area contributed by atoms with E-state index in [4.69, 9.17) is 5.11 Å². The summed E-state index contributed by atoms with van der Waals surface area (Å²) in [7, 11) is 0. The van der Waals surface area contributed by atoms with Crippen molar-refractivity contribution in [2.75, 3.05) is 12.0 Å². The number of rotatable bonds is 5. The molecule has 0 spiro atoms. The van der Waals surface area contributed by atoms with Crippen LogP contribution in [0, 0.1) is 11.8 Å². The average molecular weight is 217 g/mol. The Morgan fingerprint density at radius 2 is 2.21 bits per heavy atom. The molecule has 0 heterocycles. The summed E-state index contributed by atoms with van der Waals surface area (Å²) in [6.07, 6.45) is 2.47. The summed E-state index contributed by atoms with van der Waals surface area (Å²) < 4.78 is 0. The predicted molar refractivity (Wildman–Crippen MR) is 55.2 cm³/mol. The van der Waals surface area contributed by atoms with Crippen molar-refractivity contribution in [3.05, 3.63) is 0 Å². The molecule has 0 saturated heterocycles. The number of aliphatic carboxylic acids is 1. The second-order valence-electron chi connectivity index (χ2n) is 3.65. The van der Waals surface area contributed by atoms with E-state index in [-0.39, 0.29) is 17.9 Å².